The fourth-order valence-electron chi connectivity index (χ4n) is 4.00. The van der Waals surface area contributed by atoms with Crippen molar-refractivity contribution in [3.05, 3.63) is 93.6 Å². The van der Waals surface area contributed by atoms with E-state index in [0.717, 1.165) is 23.0 Å². The van der Waals surface area contributed by atoms with Gasteiger partial charge >= 0.3 is 6.03 Å². The Morgan fingerprint density at radius 1 is 1.00 bits per heavy atom. The van der Waals surface area contributed by atoms with Crippen molar-refractivity contribution < 1.29 is 19.1 Å². The number of pyridine rings is 1. The molecule has 1 heterocycles. The van der Waals surface area contributed by atoms with E-state index < -0.39 is 11.9 Å². The highest BCUT2D eigenvalue weighted by atomic mass is 35.5. The number of benzene rings is 3. The van der Waals surface area contributed by atoms with Crippen LogP contribution in [0.3, 0.4) is 0 Å². The molecule has 4 rings (SSSR count). The molecule has 0 aliphatic carbocycles. The van der Waals surface area contributed by atoms with E-state index in [-0.39, 0.29) is 36.4 Å². The van der Waals surface area contributed by atoms with Crippen LogP contribution in [0.4, 0.5) is 16.2 Å². The highest BCUT2D eigenvalue weighted by Crippen LogP contribution is 2.35. The number of nitrogens with zero attached hydrogens (tertiary/aromatic N) is 2. The van der Waals surface area contributed by atoms with Crippen LogP contribution >= 0.6 is 35.6 Å². The van der Waals surface area contributed by atoms with Gasteiger partial charge in [0.15, 0.2) is 5.78 Å². The number of ether oxygens (including phenoxy) is 1. The number of hydrogen-bond acceptors (Lipinski definition) is 5. The normalized spacial score (nSPS) is 10.5. The number of amides is 3. The Kier molecular flexibility index (Phi) is 10.9. The van der Waals surface area contributed by atoms with Crippen LogP contribution in [0, 0.1) is 0 Å². The molecule has 3 aromatic carbocycles. The molecule has 0 bridgehead atoms. The van der Waals surface area contributed by atoms with E-state index in [1.54, 1.807) is 43.4 Å². The van der Waals surface area contributed by atoms with Gasteiger partial charge in [0.1, 0.15) is 17.9 Å². The minimum Gasteiger partial charge on any atom is -0.487 e. The topological polar surface area (TPSA) is 101 Å². The fraction of sp³-hybridized carbons (Fsp3) is 0.200. The van der Waals surface area contributed by atoms with E-state index in [9.17, 15) is 14.4 Å². The average Bonchev–Trinajstić information content (AvgIpc) is 2.95. The van der Waals surface area contributed by atoms with Crippen LogP contribution in [0.5, 0.6) is 5.75 Å². The Bertz CT molecular complexity index is 1600. The van der Waals surface area contributed by atoms with Crippen molar-refractivity contribution in [2.24, 2.45) is 0 Å². The summed E-state index contributed by atoms with van der Waals surface area (Å²) in [6.45, 7) is 3.25. The van der Waals surface area contributed by atoms with Crippen LogP contribution in [0.1, 0.15) is 35.5 Å². The summed E-state index contributed by atoms with van der Waals surface area (Å²) in [7, 11) is 1.55. The van der Waals surface area contributed by atoms with E-state index in [4.69, 9.17) is 32.9 Å². The van der Waals surface area contributed by atoms with Gasteiger partial charge in [-0.05, 0) is 49.7 Å². The first-order valence-electron chi connectivity index (χ1n) is 12.6. The van der Waals surface area contributed by atoms with E-state index in [0.29, 0.717) is 33.3 Å². The number of carbonyl (C=O) groups is 3. The number of aromatic nitrogens is 1. The molecule has 11 heteroatoms. The molecule has 0 radical (unpaired) electrons. The maximum atomic E-state index is 12.9. The van der Waals surface area contributed by atoms with Gasteiger partial charge in [0.05, 0.1) is 17.3 Å². The van der Waals surface area contributed by atoms with Crippen LogP contribution in [0.2, 0.25) is 10.0 Å². The number of rotatable bonds is 9. The molecule has 0 aliphatic rings. The molecule has 0 unspecified atom stereocenters. The molecular formula is C30H29Cl3N4O4. The van der Waals surface area contributed by atoms with E-state index in [1.807, 2.05) is 37.3 Å². The Morgan fingerprint density at radius 2 is 1.76 bits per heavy atom. The second kappa shape index (κ2) is 14.2. The Hall–Kier alpha value is -3.85. The third kappa shape index (κ3) is 7.67. The van der Waals surface area contributed by atoms with Gasteiger partial charge in [0.25, 0.3) is 0 Å². The maximum absolute atomic E-state index is 12.9. The molecule has 41 heavy (non-hydrogen) atoms. The summed E-state index contributed by atoms with van der Waals surface area (Å²) in [6, 6.07) is 18.9. The van der Waals surface area contributed by atoms with Crippen LogP contribution in [0.25, 0.3) is 10.9 Å². The summed E-state index contributed by atoms with van der Waals surface area (Å²) in [4.78, 5) is 42.8. The number of halogens is 3. The maximum Gasteiger partial charge on any atom is 0.319 e. The molecule has 0 saturated heterocycles. The van der Waals surface area contributed by atoms with Crippen molar-refractivity contribution >= 4 is 75.6 Å². The molecule has 8 nitrogen and oxygen atoms in total. The third-order valence-electron chi connectivity index (χ3n) is 6.30. The Labute approximate surface area is 254 Å². The minimum absolute atomic E-state index is 0. The summed E-state index contributed by atoms with van der Waals surface area (Å²) in [5, 5.41) is 6.74. The second-order valence-corrected chi connectivity index (χ2v) is 9.81. The van der Waals surface area contributed by atoms with Gasteiger partial charge < -0.3 is 20.3 Å². The molecule has 214 valence electrons. The first-order valence-corrected chi connectivity index (χ1v) is 13.3. The lowest BCUT2D eigenvalue weighted by Gasteiger charge is -2.21. The molecule has 0 aliphatic heterocycles. The Balaban J connectivity index is 0.00000462. The van der Waals surface area contributed by atoms with Gasteiger partial charge in [0.2, 0.25) is 5.91 Å². The van der Waals surface area contributed by atoms with E-state index in [1.165, 1.54) is 11.8 Å². The van der Waals surface area contributed by atoms with Gasteiger partial charge in [-0.15, -0.1) is 12.4 Å². The summed E-state index contributed by atoms with van der Waals surface area (Å²) >= 11 is 13.2. The molecule has 0 saturated carbocycles. The molecular weight excluding hydrogens is 587 g/mol. The molecule has 0 spiro atoms. The molecule has 0 fully saturated rings. The van der Waals surface area contributed by atoms with Crippen molar-refractivity contribution in [2.45, 2.75) is 26.9 Å². The van der Waals surface area contributed by atoms with Crippen molar-refractivity contribution in [2.75, 3.05) is 23.8 Å². The summed E-state index contributed by atoms with van der Waals surface area (Å²) in [5.74, 6) is 0.0674. The molecule has 0 atom stereocenters. The van der Waals surface area contributed by atoms with Crippen molar-refractivity contribution in [1.82, 2.24) is 10.3 Å². The quantitative estimate of drug-likeness (QED) is 0.196. The van der Waals surface area contributed by atoms with Gasteiger partial charge in [0, 0.05) is 40.0 Å². The van der Waals surface area contributed by atoms with E-state index >= 15 is 0 Å². The smallest absolute Gasteiger partial charge is 0.319 e. The predicted molar refractivity (Wildman–Crippen MR) is 166 cm³/mol. The number of likely N-dealkylation sites (N-methyl/N-ethyl adjacent to an activating group) is 1. The standard InChI is InChI=1S/C30H28Cl2N4O4.ClH/c1-4-21-12-11-19-7-6-10-26(29(19)34-21)40-17-23-24(31)13-14-25(28(23)32)36(3)27(38)16-33-30(39)35-22-9-5-8-20(15-22)18(2)37;/h5-15H,4,16-17H2,1-3H3,(H2,33,35,39);1H. The number of carbonyl (C=O) groups excluding carboxylic acids is 3. The minimum atomic E-state index is -0.589. The highest BCUT2D eigenvalue weighted by Gasteiger charge is 2.20. The van der Waals surface area contributed by atoms with Gasteiger partial charge in [-0.3, -0.25) is 9.59 Å². The van der Waals surface area contributed by atoms with Gasteiger partial charge in [-0.2, -0.15) is 0 Å². The van der Waals surface area contributed by atoms with Crippen LogP contribution in [-0.4, -0.2) is 36.3 Å². The summed E-state index contributed by atoms with van der Waals surface area (Å²) in [6.07, 6.45) is 0.800. The van der Waals surface area contributed by atoms with Gasteiger partial charge in [-0.1, -0.05) is 60.5 Å². The second-order valence-electron chi connectivity index (χ2n) is 9.03. The number of anilines is 2. The van der Waals surface area contributed by atoms with E-state index in [2.05, 4.69) is 10.6 Å². The van der Waals surface area contributed by atoms with Crippen LogP contribution < -0.4 is 20.3 Å². The monoisotopic (exact) mass is 614 g/mol. The number of aryl methyl sites for hydroxylation is 1. The zero-order chi connectivity index (χ0) is 28.8. The molecule has 2 N–H and O–H groups in total. The average molecular weight is 616 g/mol. The number of hydrogen-bond donors (Lipinski definition) is 2. The van der Waals surface area contributed by atoms with Crippen molar-refractivity contribution in [1.29, 1.82) is 0 Å². The van der Waals surface area contributed by atoms with Crippen molar-refractivity contribution in [3.63, 3.8) is 0 Å². The lowest BCUT2D eigenvalue weighted by Crippen LogP contribution is -2.40. The number of nitrogens with one attached hydrogen (secondary N) is 2. The summed E-state index contributed by atoms with van der Waals surface area (Å²) < 4.78 is 6.10. The number of urea groups is 1. The van der Waals surface area contributed by atoms with Crippen molar-refractivity contribution in [3.8, 4) is 5.75 Å². The zero-order valence-electron chi connectivity index (χ0n) is 22.7. The highest BCUT2D eigenvalue weighted by molar-refractivity contribution is 6.38. The molecule has 1 aromatic heterocycles. The zero-order valence-corrected chi connectivity index (χ0v) is 25.0. The van der Waals surface area contributed by atoms with Gasteiger partial charge in [-0.25, -0.2) is 9.78 Å². The molecule has 4 aromatic rings. The van der Waals surface area contributed by atoms with Crippen LogP contribution in [0.15, 0.2) is 66.7 Å². The summed E-state index contributed by atoms with van der Waals surface area (Å²) in [5.41, 5.74) is 3.52. The number of fused-ring (bicyclic) bond motifs is 1. The third-order valence-corrected chi connectivity index (χ3v) is 7.08. The number of Topliss-reactive ketones (excluding diaryl/α,β-unsaturated/α-hetero) is 1. The number of para-hydroxylation sites is 1. The SMILES string of the molecule is CCc1ccc2cccc(OCc3c(Cl)ccc(N(C)C(=O)CNC(=O)Nc4cccc(C(C)=O)c4)c3Cl)c2n1.Cl. The number of ketones is 1. The first-order chi connectivity index (χ1) is 19.2. The first kappa shape index (κ1) is 31.7. The lowest BCUT2D eigenvalue weighted by atomic mass is 10.1. The largest absolute Gasteiger partial charge is 0.487 e. The Morgan fingerprint density at radius 3 is 2.49 bits per heavy atom. The lowest BCUT2D eigenvalue weighted by molar-refractivity contribution is -0.117. The fourth-order valence-corrected chi connectivity index (χ4v) is 4.61. The van der Waals surface area contributed by atoms with Crippen LogP contribution in [-0.2, 0) is 17.8 Å². The molecule has 3 amide bonds. The predicted octanol–water partition coefficient (Wildman–Crippen LogP) is 7.09.